The average molecular weight is 459 g/mol. The summed E-state index contributed by atoms with van der Waals surface area (Å²) in [6.07, 6.45) is 4.03. The van der Waals surface area contributed by atoms with E-state index >= 15 is 0 Å². The molecular weight excluding hydrogens is 420 g/mol. The number of nitrogens with two attached hydrogens (primary N) is 1. The number of nitrogens with one attached hydrogen (secondary N) is 2. The Balaban J connectivity index is 2.92. The number of likely N-dealkylation sites (tertiary alicyclic amines) is 1. The van der Waals surface area contributed by atoms with Crippen LogP contribution in [0.1, 0.15) is 53.4 Å². The Labute approximate surface area is 189 Å². The first-order chi connectivity index (χ1) is 14.5. The topological polar surface area (TPSA) is 142 Å². The number of amides is 3. The highest BCUT2D eigenvalue weighted by Crippen LogP contribution is 2.20. The molecule has 1 aliphatic heterocycles. The van der Waals surface area contributed by atoms with E-state index in [1.165, 1.54) is 16.7 Å². The van der Waals surface area contributed by atoms with Crippen LogP contribution in [-0.4, -0.2) is 76.4 Å². The van der Waals surface area contributed by atoms with Crippen molar-refractivity contribution in [2.24, 2.45) is 17.6 Å². The second-order valence-corrected chi connectivity index (χ2v) is 9.50. The lowest BCUT2D eigenvalue weighted by molar-refractivity contribution is -0.144. The second kappa shape index (κ2) is 12.9. The van der Waals surface area contributed by atoms with Gasteiger partial charge in [0.25, 0.3) is 0 Å². The van der Waals surface area contributed by atoms with Crippen molar-refractivity contribution in [3.8, 4) is 0 Å². The van der Waals surface area contributed by atoms with Gasteiger partial charge in [-0.05, 0) is 43.1 Å². The van der Waals surface area contributed by atoms with Crippen LogP contribution in [-0.2, 0) is 19.2 Å². The first-order valence-electron chi connectivity index (χ1n) is 10.9. The molecule has 0 saturated carbocycles. The monoisotopic (exact) mass is 458 g/mol. The molecule has 31 heavy (non-hydrogen) atoms. The molecule has 1 rings (SSSR count). The third-order valence-corrected chi connectivity index (χ3v) is 6.51. The van der Waals surface area contributed by atoms with Gasteiger partial charge in [-0.3, -0.25) is 14.4 Å². The van der Waals surface area contributed by atoms with E-state index in [1.54, 1.807) is 6.92 Å². The molecule has 1 heterocycles. The van der Waals surface area contributed by atoms with Crippen LogP contribution in [0.15, 0.2) is 0 Å². The van der Waals surface area contributed by atoms with Gasteiger partial charge in [-0.1, -0.05) is 34.1 Å². The Morgan fingerprint density at radius 3 is 2.35 bits per heavy atom. The van der Waals surface area contributed by atoms with E-state index in [2.05, 4.69) is 10.6 Å². The summed E-state index contributed by atoms with van der Waals surface area (Å²) in [5.41, 5.74) is 6.00. The molecule has 0 aromatic rings. The normalized spacial score (nSPS) is 20.1. The lowest BCUT2D eigenvalue weighted by Gasteiger charge is -2.30. The van der Waals surface area contributed by atoms with Gasteiger partial charge in [0.2, 0.25) is 17.7 Å². The predicted octanol–water partition coefficient (Wildman–Crippen LogP) is 0.814. The number of carboxylic acids is 1. The summed E-state index contributed by atoms with van der Waals surface area (Å²) in [6, 6.07) is -3.26. The molecule has 5 atom stereocenters. The molecule has 5 N–H and O–H groups in total. The smallest absolute Gasteiger partial charge is 0.326 e. The quantitative estimate of drug-likeness (QED) is 0.339. The first kappa shape index (κ1) is 27.2. The molecule has 0 spiro atoms. The number of thioether (sulfide) groups is 1. The van der Waals surface area contributed by atoms with Gasteiger partial charge in [-0.2, -0.15) is 11.8 Å². The average Bonchev–Trinajstić information content (AvgIpc) is 3.22. The Bertz CT molecular complexity index is 645. The number of carboxylic acid groups (broad SMARTS) is 1. The maximum absolute atomic E-state index is 13.0. The molecule has 178 valence electrons. The minimum atomic E-state index is -1.10. The lowest BCUT2D eigenvalue weighted by Crippen LogP contribution is -2.57. The van der Waals surface area contributed by atoms with E-state index in [0.29, 0.717) is 38.0 Å². The number of rotatable bonds is 12. The molecule has 5 unspecified atom stereocenters. The van der Waals surface area contributed by atoms with E-state index in [-0.39, 0.29) is 17.7 Å². The number of aliphatic carboxylic acids is 1. The van der Waals surface area contributed by atoms with Crippen molar-refractivity contribution in [1.29, 1.82) is 0 Å². The minimum Gasteiger partial charge on any atom is -0.480 e. The third-order valence-electron chi connectivity index (χ3n) is 5.86. The number of hydrogen-bond donors (Lipinski definition) is 4. The lowest BCUT2D eigenvalue weighted by atomic mass is 9.98. The summed E-state index contributed by atoms with van der Waals surface area (Å²) in [7, 11) is 0. The summed E-state index contributed by atoms with van der Waals surface area (Å²) in [6.45, 7) is 7.77. The predicted molar refractivity (Wildman–Crippen MR) is 121 cm³/mol. The Morgan fingerprint density at radius 2 is 1.84 bits per heavy atom. The van der Waals surface area contributed by atoms with Crippen molar-refractivity contribution >= 4 is 35.5 Å². The van der Waals surface area contributed by atoms with E-state index < -0.39 is 42.0 Å². The zero-order chi connectivity index (χ0) is 23.7. The Morgan fingerprint density at radius 1 is 1.19 bits per heavy atom. The van der Waals surface area contributed by atoms with Gasteiger partial charge in [0.15, 0.2) is 0 Å². The molecule has 9 nitrogen and oxygen atoms in total. The number of carbonyl (C=O) groups is 4. The van der Waals surface area contributed by atoms with Crippen LogP contribution in [0.2, 0.25) is 0 Å². The van der Waals surface area contributed by atoms with Crippen LogP contribution < -0.4 is 16.4 Å². The highest BCUT2D eigenvalue weighted by molar-refractivity contribution is 7.98. The van der Waals surface area contributed by atoms with Crippen LogP contribution in [0.25, 0.3) is 0 Å². The van der Waals surface area contributed by atoms with E-state index in [1.807, 2.05) is 27.0 Å². The molecule has 1 aliphatic rings. The van der Waals surface area contributed by atoms with Crippen LogP contribution in [0.4, 0.5) is 0 Å². The molecule has 0 bridgehead atoms. The maximum Gasteiger partial charge on any atom is 0.326 e. The zero-order valence-corrected chi connectivity index (χ0v) is 20.0. The van der Waals surface area contributed by atoms with Crippen molar-refractivity contribution in [3.05, 3.63) is 0 Å². The molecular formula is C21H38N4O5S. The molecule has 0 aromatic carbocycles. The minimum absolute atomic E-state index is 0.0505. The van der Waals surface area contributed by atoms with Crippen LogP contribution in [0.5, 0.6) is 0 Å². The number of nitrogens with zero attached hydrogens (tertiary/aromatic N) is 1. The van der Waals surface area contributed by atoms with Crippen molar-refractivity contribution in [1.82, 2.24) is 15.5 Å². The van der Waals surface area contributed by atoms with Crippen molar-refractivity contribution in [2.75, 3.05) is 18.6 Å². The molecule has 0 aliphatic carbocycles. The van der Waals surface area contributed by atoms with Gasteiger partial charge >= 0.3 is 5.97 Å². The molecule has 10 heteroatoms. The van der Waals surface area contributed by atoms with Crippen molar-refractivity contribution in [3.63, 3.8) is 0 Å². The van der Waals surface area contributed by atoms with Gasteiger partial charge in [0, 0.05) is 6.54 Å². The SMILES string of the molecule is CCC(C)C(NC(=O)C(CCSC)NC(=O)C1CCCN1C(=O)C(N)C(C)C)C(=O)O. The molecule has 1 saturated heterocycles. The first-order valence-corrected chi connectivity index (χ1v) is 12.3. The highest BCUT2D eigenvalue weighted by Gasteiger charge is 2.38. The summed E-state index contributed by atoms with van der Waals surface area (Å²) in [5.74, 6) is -1.98. The van der Waals surface area contributed by atoms with Crippen LogP contribution in [0, 0.1) is 11.8 Å². The molecule has 0 radical (unpaired) electrons. The fourth-order valence-corrected chi connectivity index (χ4v) is 3.96. The fraction of sp³-hybridized carbons (Fsp3) is 0.810. The number of hydrogen-bond acceptors (Lipinski definition) is 6. The largest absolute Gasteiger partial charge is 0.480 e. The molecule has 0 aromatic heterocycles. The summed E-state index contributed by atoms with van der Waals surface area (Å²) < 4.78 is 0. The van der Waals surface area contributed by atoms with Gasteiger partial charge in [0.05, 0.1) is 6.04 Å². The van der Waals surface area contributed by atoms with Gasteiger partial charge in [-0.25, -0.2) is 4.79 Å². The van der Waals surface area contributed by atoms with Crippen molar-refractivity contribution in [2.45, 2.75) is 77.5 Å². The maximum atomic E-state index is 13.0. The fourth-order valence-electron chi connectivity index (χ4n) is 3.49. The highest BCUT2D eigenvalue weighted by atomic mass is 32.2. The summed E-state index contributed by atoms with van der Waals surface area (Å²) in [5, 5.41) is 14.8. The van der Waals surface area contributed by atoms with Crippen molar-refractivity contribution < 1.29 is 24.3 Å². The van der Waals surface area contributed by atoms with E-state index in [4.69, 9.17) is 5.73 Å². The standard InChI is InChI=1S/C21H38N4O5S/c1-6-13(4)17(21(29)30)24-18(26)14(9-11-31-5)23-19(27)15-8-7-10-25(15)20(28)16(22)12(2)3/h12-17H,6-11,22H2,1-5H3,(H,23,27)(H,24,26)(H,29,30). The summed E-state index contributed by atoms with van der Waals surface area (Å²) in [4.78, 5) is 51.6. The van der Waals surface area contributed by atoms with E-state index in [0.717, 1.165) is 0 Å². The van der Waals surface area contributed by atoms with E-state index in [9.17, 15) is 24.3 Å². The Hall–Kier alpha value is -1.81. The summed E-state index contributed by atoms with van der Waals surface area (Å²) >= 11 is 1.53. The zero-order valence-electron chi connectivity index (χ0n) is 19.2. The third kappa shape index (κ3) is 7.68. The van der Waals surface area contributed by atoms with Crippen LogP contribution >= 0.6 is 11.8 Å². The second-order valence-electron chi connectivity index (χ2n) is 8.51. The van der Waals surface area contributed by atoms with Gasteiger partial charge in [-0.15, -0.1) is 0 Å². The Kier molecular flexibility index (Phi) is 11.3. The molecule has 1 fully saturated rings. The number of carbonyl (C=O) groups excluding carboxylic acids is 3. The van der Waals surface area contributed by atoms with Gasteiger partial charge < -0.3 is 26.4 Å². The molecule has 3 amide bonds. The van der Waals surface area contributed by atoms with Crippen LogP contribution in [0.3, 0.4) is 0 Å². The van der Waals surface area contributed by atoms with Gasteiger partial charge in [0.1, 0.15) is 18.1 Å².